The maximum Gasteiger partial charge on any atom is 0.153 e. The van der Waals surface area contributed by atoms with E-state index in [1.165, 1.54) is 0 Å². The van der Waals surface area contributed by atoms with Gasteiger partial charge in [0, 0.05) is 18.5 Å². The zero-order chi connectivity index (χ0) is 14.3. The molecule has 1 aromatic heterocycles. The molecular formula is C15H24ClN3O. The number of aliphatic hydroxyl groups excluding tert-OH is 1. The number of aliphatic hydroxyl groups is 1. The predicted octanol–water partition coefficient (Wildman–Crippen LogP) is 2.95. The standard InChI is InChI=1S/C15H24ClN3O/c1-10(2)18-8-5-11(6-9-18)15-17-14(16)13-12(20)4-3-7-19(13)15/h10-12,20H,3-9H2,1-2H3. The van der Waals surface area contributed by atoms with Crippen molar-refractivity contribution in [3.05, 3.63) is 16.7 Å². The van der Waals surface area contributed by atoms with E-state index in [-0.39, 0.29) is 0 Å². The average Bonchev–Trinajstić information content (AvgIpc) is 2.77. The van der Waals surface area contributed by atoms with Crippen molar-refractivity contribution in [1.29, 1.82) is 0 Å². The van der Waals surface area contributed by atoms with E-state index >= 15 is 0 Å². The van der Waals surface area contributed by atoms with Gasteiger partial charge in [-0.25, -0.2) is 4.98 Å². The lowest BCUT2D eigenvalue weighted by molar-refractivity contribution is 0.135. The maximum absolute atomic E-state index is 10.1. The van der Waals surface area contributed by atoms with Crippen LogP contribution in [0, 0.1) is 0 Å². The van der Waals surface area contributed by atoms with E-state index in [9.17, 15) is 5.11 Å². The summed E-state index contributed by atoms with van der Waals surface area (Å²) in [6.07, 6.45) is 3.66. The molecule has 1 atom stereocenters. The van der Waals surface area contributed by atoms with Crippen molar-refractivity contribution in [3.63, 3.8) is 0 Å². The van der Waals surface area contributed by atoms with Crippen molar-refractivity contribution in [2.45, 2.75) is 64.1 Å². The van der Waals surface area contributed by atoms with Gasteiger partial charge in [0.05, 0.1) is 11.8 Å². The summed E-state index contributed by atoms with van der Waals surface area (Å²) in [4.78, 5) is 7.11. The molecule has 0 saturated carbocycles. The SMILES string of the molecule is CC(C)N1CCC(c2nc(Cl)c3n2CCCC3O)CC1. The summed E-state index contributed by atoms with van der Waals surface area (Å²) in [5.74, 6) is 1.59. The number of fused-ring (bicyclic) bond motifs is 1. The number of hydrogen-bond donors (Lipinski definition) is 1. The number of nitrogens with zero attached hydrogens (tertiary/aromatic N) is 3. The second-order valence-corrected chi connectivity index (χ2v) is 6.72. The number of rotatable bonds is 2. The average molecular weight is 298 g/mol. The third-order valence-electron chi connectivity index (χ3n) is 4.79. The third-order valence-corrected chi connectivity index (χ3v) is 5.07. The minimum atomic E-state index is -0.437. The van der Waals surface area contributed by atoms with Crippen LogP contribution >= 0.6 is 11.6 Å². The number of likely N-dealkylation sites (tertiary alicyclic amines) is 1. The molecule has 0 aliphatic carbocycles. The lowest BCUT2D eigenvalue weighted by Crippen LogP contribution is -2.38. The number of aromatic nitrogens is 2. The van der Waals surface area contributed by atoms with Crippen molar-refractivity contribution < 1.29 is 5.11 Å². The molecule has 0 spiro atoms. The highest BCUT2D eigenvalue weighted by atomic mass is 35.5. The molecule has 1 saturated heterocycles. The van der Waals surface area contributed by atoms with Gasteiger partial charge in [0.1, 0.15) is 5.82 Å². The Morgan fingerprint density at radius 2 is 1.90 bits per heavy atom. The molecule has 1 unspecified atom stereocenters. The first kappa shape index (κ1) is 14.4. The molecule has 3 heterocycles. The maximum atomic E-state index is 10.1. The van der Waals surface area contributed by atoms with Gasteiger partial charge in [-0.3, -0.25) is 0 Å². The van der Waals surface area contributed by atoms with E-state index in [2.05, 4.69) is 28.3 Å². The smallest absolute Gasteiger partial charge is 0.153 e. The first-order valence-corrected chi connectivity index (χ1v) is 8.13. The van der Waals surface area contributed by atoms with Gasteiger partial charge in [-0.05, 0) is 52.6 Å². The highest BCUT2D eigenvalue weighted by Gasteiger charge is 2.31. The van der Waals surface area contributed by atoms with Crippen molar-refractivity contribution >= 4 is 11.6 Å². The Morgan fingerprint density at radius 1 is 1.20 bits per heavy atom. The zero-order valence-electron chi connectivity index (χ0n) is 12.3. The Kier molecular flexibility index (Phi) is 4.07. The molecule has 0 aromatic carbocycles. The van der Waals surface area contributed by atoms with E-state index in [4.69, 9.17) is 11.6 Å². The minimum absolute atomic E-state index is 0.437. The summed E-state index contributed by atoms with van der Waals surface area (Å²) in [6, 6.07) is 0.621. The summed E-state index contributed by atoms with van der Waals surface area (Å²) >= 11 is 6.25. The summed E-state index contributed by atoms with van der Waals surface area (Å²) in [5, 5.41) is 10.6. The van der Waals surface area contributed by atoms with Crippen LogP contribution in [0.2, 0.25) is 5.15 Å². The van der Waals surface area contributed by atoms with Gasteiger partial charge < -0.3 is 14.6 Å². The van der Waals surface area contributed by atoms with Gasteiger partial charge in [-0.2, -0.15) is 0 Å². The molecule has 2 aliphatic heterocycles. The quantitative estimate of drug-likeness (QED) is 0.912. The molecule has 0 amide bonds. The number of imidazole rings is 1. The summed E-state index contributed by atoms with van der Waals surface area (Å²) in [6.45, 7) is 7.72. The van der Waals surface area contributed by atoms with Gasteiger partial charge >= 0.3 is 0 Å². The Hall–Kier alpha value is -0.580. The van der Waals surface area contributed by atoms with E-state index in [1.54, 1.807) is 0 Å². The molecule has 4 nitrogen and oxygen atoms in total. The molecule has 0 bridgehead atoms. The van der Waals surface area contributed by atoms with Gasteiger partial charge in [0.25, 0.3) is 0 Å². The summed E-state index contributed by atoms with van der Waals surface area (Å²) in [7, 11) is 0. The normalized spacial score (nSPS) is 25.1. The van der Waals surface area contributed by atoms with Gasteiger partial charge in [0.2, 0.25) is 0 Å². The molecule has 5 heteroatoms. The highest BCUT2D eigenvalue weighted by molar-refractivity contribution is 6.30. The Bertz CT molecular complexity index is 478. The van der Waals surface area contributed by atoms with E-state index < -0.39 is 6.10 Å². The van der Waals surface area contributed by atoms with Crippen molar-refractivity contribution in [3.8, 4) is 0 Å². The summed E-state index contributed by atoms with van der Waals surface area (Å²) < 4.78 is 2.19. The van der Waals surface area contributed by atoms with Crippen LogP contribution in [-0.2, 0) is 6.54 Å². The monoisotopic (exact) mass is 297 g/mol. The predicted molar refractivity (Wildman–Crippen MR) is 80.1 cm³/mol. The van der Waals surface area contributed by atoms with Gasteiger partial charge in [-0.15, -0.1) is 0 Å². The minimum Gasteiger partial charge on any atom is -0.387 e. The topological polar surface area (TPSA) is 41.3 Å². The van der Waals surface area contributed by atoms with Crippen LogP contribution in [0.5, 0.6) is 0 Å². The van der Waals surface area contributed by atoms with E-state index in [1.807, 2.05) is 0 Å². The molecule has 0 radical (unpaired) electrons. The fraction of sp³-hybridized carbons (Fsp3) is 0.800. The van der Waals surface area contributed by atoms with Crippen molar-refractivity contribution in [2.24, 2.45) is 0 Å². The van der Waals surface area contributed by atoms with Gasteiger partial charge in [-0.1, -0.05) is 11.6 Å². The number of piperidine rings is 1. The Balaban J connectivity index is 1.80. The van der Waals surface area contributed by atoms with Crippen LogP contribution in [0.1, 0.15) is 63.1 Å². The second kappa shape index (κ2) is 5.66. The molecule has 112 valence electrons. The fourth-order valence-electron chi connectivity index (χ4n) is 3.57. The molecule has 2 aliphatic rings. The van der Waals surface area contributed by atoms with Gasteiger partial charge in [0.15, 0.2) is 5.15 Å². The lowest BCUT2D eigenvalue weighted by Gasteiger charge is -2.35. The van der Waals surface area contributed by atoms with Crippen LogP contribution in [0.15, 0.2) is 0 Å². The van der Waals surface area contributed by atoms with E-state index in [0.29, 0.717) is 17.1 Å². The number of halogens is 1. The zero-order valence-corrected chi connectivity index (χ0v) is 13.1. The summed E-state index contributed by atoms with van der Waals surface area (Å²) in [5.41, 5.74) is 0.846. The number of hydrogen-bond acceptors (Lipinski definition) is 3. The molecule has 20 heavy (non-hydrogen) atoms. The highest BCUT2D eigenvalue weighted by Crippen LogP contribution is 2.37. The fourth-order valence-corrected chi connectivity index (χ4v) is 3.89. The molecule has 1 N–H and O–H groups in total. The van der Waals surface area contributed by atoms with Crippen LogP contribution in [0.4, 0.5) is 0 Å². The van der Waals surface area contributed by atoms with Crippen molar-refractivity contribution in [1.82, 2.24) is 14.5 Å². The Labute approximate surface area is 125 Å². The van der Waals surface area contributed by atoms with Crippen LogP contribution in [0.25, 0.3) is 0 Å². The second-order valence-electron chi connectivity index (χ2n) is 6.36. The molecular weight excluding hydrogens is 274 g/mol. The molecule has 3 rings (SSSR count). The van der Waals surface area contributed by atoms with Crippen molar-refractivity contribution in [2.75, 3.05) is 13.1 Å². The first-order chi connectivity index (χ1) is 9.58. The van der Waals surface area contributed by atoms with Crippen LogP contribution < -0.4 is 0 Å². The third kappa shape index (κ3) is 2.49. The van der Waals surface area contributed by atoms with Crippen LogP contribution in [-0.4, -0.2) is 38.7 Å². The molecule has 1 fully saturated rings. The lowest BCUT2D eigenvalue weighted by atomic mass is 9.94. The largest absolute Gasteiger partial charge is 0.387 e. The Morgan fingerprint density at radius 3 is 2.55 bits per heavy atom. The van der Waals surface area contributed by atoms with Crippen LogP contribution in [0.3, 0.4) is 0 Å². The van der Waals surface area contributed by atoms with E-state index in [0.717, 1.165) is 56.8 Å². The molecule has 1 aromatic rings. The first-order valence-electron chi connectivity index (χ1n) is 7.76.